The summed E-state index contributed by atoms with van der Waals surface area (Å²) in [5.74, 6) is -1.25. The molecule has 4 rings (SSSR count). The van der Waals surface area contributed by atoms with Gasteiger partial charge >= 0.3 is 0 Å². The average molecular weight is 241 g/mol. The van der Waals surface area contributed by atoms with Gasteiger partial charge in [0.1, 0.15) is 0 Å². The van der Waals surface area contributed by atoms with Crippen LogP contribution in [0.3, 0.4) is 0 Å². The van der Waals surface area contributed by atoms with Crippen molar-refractivity contribution < 1.29 is 15.1 Å². The van der Waals surface area contributed by atoms with Crippen molar-refractivity contribution in [1.82, 2.24) is 0 Å². The summed E-state index contributed by atoms with van der Waals surface area (Å²) in [5, 5.41) is 34.1. The lowest BCUT2D eigenvalue weighted by atomic mass is 9.75. The summed E-state index contributed by atoms with van der Waals surface area (Å²) in [6.45, 7) is 0. The molecule has 6 unspecified atom stereocenters. The minimum atomic E-state index is -0.799. The fourth-order valence-corrected chi connectivity index (χ4v) is 4.22. The first kappa shape index (κ1) is 10.4. The number of hydrogen-bond donors (Lipinski definition) is 1. The van der Waals surface area contributed by atoms with Crippen LogP contribution in [0.1, 0.15) is 12.8 Å². The molecule has 8 nitrogen and oxygen atoms in total. The normalized spacial score (nSPS) is 46.2. The minimum absolute atomic E-state index is 0.221. The van der Waals surface area contributed by atoms with Gasteiger partial charge in [-0.2, -0.15) is 0 Å². The lowest BCUT2D eigenvalue weighted by Crippen LogP contribution is -2.46. The Morgan fingerprint density at radius 2 is 1.47 bits per heavy atom. The molecule has 0 aromatic rings. The van der Waals surface area contributed by atoms with Gasteiger partial charge in [0.25, 0.3) is 0 Å². The number of hydrogen-bond acceptors (Lipinski definition) is 6. The Labute approximate surface area is 95.6 Å². The summed E-state index contributed by atoms with van der Waals surface area (Å²) >= 11 is 0. The summed E-state index contributed by atoms with van der Waals surface area (Å²) in [4.78, 5) is 21.3. The molecule has 0 spiro atoms. The molecule has 0 aromatic carbocycles. The third kappa shape index (κ3) is 1.10. The van der Waals surface area contributed by atoms with Gasteiger partial charge in [-0.25, -0.2) is 0 Å². The van der Waals surface area contributed by atoms with Crippen LogP contribution in [0.15, 0.2) is 5.16 Å². The van der Waals surface area contributed by atoms with Crippen LogP contribution >= 0.6 is 0 Å². The molecule has 0 aromatic heterocycles. The Morgan fingerprint density at radius 3 is 1.76 bits per heavy atom. The van der Waals surface area contributed by atoms with Crippen molar-refractivity contribution in [3.63, 3.8) is 0 Å². The second kappa shape index (κ2) is 3.14. The first-order chi connectivity index (χ1) is 8.06. The van der Waals surface area contributed by atoms with Crippen LogP contribution in [0.2, 0.25) is 0 Å². The number of rotatable bonds is 2. The monoisotopic (exact) mass is 241 g/mol. The maximum absolute atomic E-state index is 11.0. The molecule has 0 amide bonds. The van der Waals surface area contributed by atoms with E-state index in [0.717, 1.165) is 0 Å². The van der Waals surface area contributed by atoms with Gasteiger partial charge in [0.15, 0.2) is 0 Å². The zero-order valence-corrected chi connectivity index (χ0v) is 8.80. The van der Waals surface area contributed by atoms with Crippen molar-refractivity contribution in [2.75, 3.05) is 0 Å². The van der Waals surface area contributed by atoms with Gasteiger partial charge in [-0.05, 0) is 12.8 Å². The van der Waals surface area contributed by atoms with E-state index in [-0.39, 0.29) is 27.4 Å². The van der Waals surface area contributed by atoms with Crippen molar-refractivity contribution >= 4 is 5.71 Å². The largest absolute Gasteiger partial charge is 0.411 e. The van der Waals surface area contributed by atoms with Crippen molar-refractivity contribution in [2.45, 2.75) is 24.9 Å². The van der Waals surface area contributed by atoms with Crippen LogP contribution in [-0.2, 0) is 0 Å². The zero-order chi connectivity index (χ0) is 12.3. The predicted octanol–water partition coefficient (Wildman–Crippen LogP) is 0.393. The van der Waals surface area contributed by atoms with Gasteiger partial charge in [-0.15, -0.1) is 0 Å². The SMILES string of the molecule is O=[N+]([O-])C1C2CC3C1CC(C2=NO)C3[N+](=O)[O-]. The molecule has 0 heterocycles. The molecule has 0 aliphatic heterocycles. The van der Waals surface area contributed by atoms with Gasteiger partial charge < -0.3 is 5.21 Å². The van der Waals surface area contributed by atoms with E-state index in [0.29, 0.717) is 12.8 Å². The Balaban J connectivity index is 2.04. The molecule has 92 valence electrons. The number of oxime groups is 1. The third-order valence-corrected chi connectivity index (χ3v) is 4.67. The number of nitrogens with zero attached hydrogens (tertiary/aromatic N) is 3. The Hall–Kier alpha value is -1.73. The standard InChI is InChI=1S/C9H11N3O5/c13-10-7-5-1-3-4(9(5)12(16)17)2-6(7)8(3)11(14)15/h3-6,8-9,13H,1-2H2. The van der Waals surface area contributed by atoms with E-state index in [9.17, 15) is 20.2 Å². The van der Waals surface area contributed by atoms with Gasteiger partial charge in [0.05, 0.1) is 17.5 Å². The van der Waals surface area contributed by atoms with Crippen molar-refractivity contribution in [3.05, 3.63) is 20.2 Å². The van der Waals surface area contributed by atoms with E-state index >= 15 is 0 Å². The van der Waals surface area contributed by atoms with E-state index in [4.69, 9.17) is 5.21 Å². The van der Waals surface area contributed by atoms with Crippen LogP contribution in [0.4, 0.5) is 0 Å². The van der Waals surface area contributed by atoms with Gasteiger partial charge in [0.2, 0.25) is 12.1 Å². The molecule has 4 fully saturated rings. The summed E-state index contributed by atoms with van der Waals surface area (Å²) in [6.07, 6.45) is 0.829. The molecule has 4 aliphatic carbocycles. The molecule has 4 aliphatic rings. The van der Waals surface area contributed by atoms with Crippen molar-refractivity contribution in [3.8, 4) is 0 Å². The lowest BCUT2D eigenvalue weighted by molar-refractivity contribution is -0.538. The third-order valence-electron chi connectivity index (χ3n) is 4.67. The Bertz CT molecular complexity index is 400. The molecule has 1 N–H and O–H groups in total. The highest BCUT2D eigenvalue weighted by molar-refractivity contribution is 5.92. The van der Waals surface area contributed by atoms with E-state index in [1.54, 1.807) is 0 Å². The molecular weight excluding hydrogens is 230 g/mol. The highest BCUT2D eigenvalue weighted by Crippen LogP contribution is 2.58. The summed E-state index contributed by atoms with van der Waals surface area (Å²) in [5.41, 5.74) is 0.276. The summed E-state index contributed by atoms with van der Waals surface area (Å²) in [6, 6.07) is -1.60. The lowest BCUT2D eigenvalue weighted by Gasteiger charge is -2.28. The molecular formula is C9H11N3O5. The van der Waals surface area contributed by atoms with Gasteiger partial charge in [-0.1, -0.05) is 5.16 Å². The van der Waals surface area contributed by atoms with Crippen LogP contribution < -0.4 is 0 Å². The van der Waals surface area contributed by atoms with Crippen LogP contribution in [0.25, 0.3) is 0 Å². The fourth-order valence-electron chi connectivity index (χ4n) is 4.22. The fraction of sp³-hybridized carbons (Fsp3) is 0.889. The maximum Gasteiger partial charge on any atom is 0.224 e. The number of nitro groups is 2. The molecule has 4 saturated carbocycles. The maximum atomic E-state index is 11.0. The predicted molar refractivity (Wildman–Crippen MR) is 54.0 cm³/mol. The van der Waals surface area contributed by atoms with Crippen LogP contribution in [0, 0.1) is 43.9 Å². The highest BCUT2D eigenvalue weighted by atomic mass is 16.6. The second-order valence-corrected chi connectivity index (χ2v) is 5.09. The van der Waals surface area contributed by atoms with Gasteiger partial charge in [-0.3, -0.25) is 20.2 Å². The molecule has 4 bridgehead atoms. The van der Waals surface area contributed by atoms with Crippen LogP contribution in [0.5, 0.6) is 0 Å². The molecule has 0 radical (unpaired) electrons. The summed E-state index contributed by atoms with van der Waals surface area (Å²) < 4.78 is 0. The highest BCUT2D eigenvalue weighted by Gasteiger charge is 2.71. The van der Waals surface area contributed by atoms with E-state index in [1.807, 2.05) is 0 Å². The van der Waals surface area contributed by atoms with E-state index in [1.165, 1.54) is 0 Å². The van der Waals surface area contributed by atoms with Crippen molar-refractivity contribution in [2.24, 2.45) is 28.8 Å². The Morgan fingerprint density at radius 1 is 1.06 bits per heavy atom. The Kier molecular flexibility index (Phi) is 1.93. The topological polar surface area (TPSA) is 119 Å². The van der Waals surface area contributed by atoms with E-state index in [2.05, 4.69) is 5.16 Å². The van der Waals surface area contributed by atoms with Crippen LogP contribution in [-0.4, -0.2) is 32.8 Å². The smallest absolute Gasteiger partial charge is 0.224 e. The summed E-state index contributed by atoms with van der Waals surface area (Å²) in [7, 11) is 0. The van der Waals surface area contributed by atoms with Crippen molar-refractivity contribution in [1.29, 1.82) is 0 Å². The quantitative estimate of drug-likeness (QED) is 0.426. The molecule has 0 saturated heterocycles. The molecule has 6 atom stereocenters. The minimum Gasteiger partial charge on any atom is -0.411 e. The van der Waals surface area contributed by atoms with E-state index < -0.39 is 23.9 Å². The molecule has 17 heavy (non-hydrogen) atoms. The first-order valence-electron chi connectivity index (χ1n) is 5.55. The van der Waals surface area contributed by atoms with Gasteiger partial charge in [0, 0.05) is 21.7 Å². The molecule has 8 heteroatoms. The average Bonchev–Trinajstić information content (AvgIpc) is 2.67. The zero-order valence-electron chi connectivity index (χ0n) is 8.80. The second-order valence-electron chi connectivity index (χ2n) is 5.09. The first-order valence-corrected chi connectivity index (χ1v) is 5.55.